The van der Waals surface area contributed by atoms with Crippen molar-refractivity contribution < 1.29 is 28.3 Å². The second kappa shape index (κ2) is 9.54. The van der Waals surface area contributed by atoms with E-state index < -0.39 is 23.0 Å². The molecule has 150 valence electrons. The lowest BCUT2D eigenvalue weighted by atomic mass is 10.1. The molecular weight excluding hydrogens is 371 g/mol. The zero-order valence-corrected chi connectivity index (χ0v) is 15.8. The number of benzene rings is 2. The molecule has 0 saturated carbocycles. The van der Waals surface area contributed by atoms with Gasteiger partial charge in [-0.3, -0.25) is 14.9 Å². The van der Waals surface area contributed by atoms with Gasteiger partial charge < -0.3 is 19.1 Å². The van der Waals surface area contributed by atoms with Crippen LogP contribution in [-0.2, 0) is 11.2 Å². The lowest BCUT2D eigenvalue weighted by Gasteiger charge is -2.18. The average molecular weight is 392 g/mol. The standard InChI is InChI=1S/C19H21FN2O6/c1-21(9-8-13-4-7-16(26-2)18(10-13)27-3)19(23)12-28-17-11-14(20)5-6-15(17)22(24)25/h4-7,10-11H,8-9,12H2,1-3H3. The molecule has 0 unspecified atom stereocenters. The van der Waals surface area contributed by atoms with Gasteiger partial charge in [0, 0.05) is 25.7 Å². The van der Waals surface area contributed by atoms with Crippen LogP contribution in [0.15, 0.2) is 36.4 Å². The minimum absolute atomic E-state index is 0.286. The van der Waals surface area contributed by atoms with Gasteiger partial charge in [0.05, 0.1) is 19.1 Å². The first-order valence-electron chi connectivity index (χ1n) is 8.37. The number of nitro benzene ring substituents is 1. The van der Waals surface area contributed by atoms with E-state index in [0.29, 0.717) is 24.5 Å². The molecular formula is C19H21FN2O6. The second-order valence-electron chi connectivity index (χ2n) is 5.91. The summed E-state index contributed by atoms with van der Waals surface area (Å²) in [7, 11) is 4.68. The maximum atomic E-state index is 13.3. The molecule has 0 fully saturated rings. The SMILES string of the molecule is COc1ccc(CCN(C)C(=O)COc2cc(F)ccc2[N+](=O)[O-])cc1OC. The number of rotatable bonds is 9. The molecule has 0 aromatic heterocycles. The summed E-state index contributed by atoms with van der Waals surface area (Å²) in [5.41, 5.74) is 0.543. The third-order valence-electron chi connectivity index (χ3n) is 4.08. The Hall–Kier alpha value is -3.36. The molecule has 0 heterocycles. The Labute approximate surface area is 161 Å². The van der Waals surface area contributed by atoms with Gasteiger partial charge in [-0.25, -0.2) is 4.39 Å². The Morgan fingerprint density at radius 3 is 2.46 bits per heavy atom. The van der Waals surface area contributed by atoms with Crippen molar-refractivity contribution in [2.24, 2.45) is 0 Å². The summed E-state index contributed by atoms with van der Waals surface area (Å²) in [5.74, 6) is -0.156. The van der Waals surface area contributed by atoms with Gasteiger partial charge in [0.15, 0.2) is 18.1 Å². The molecule has 28 heavy (non-hydrogen) atoms. The number of halogens is 1. The van der Waals surface area contributed by atoms with Crippen molar-refractivity contribution in [1.29, 1.82) is 0 Å². The molecule has 0 spiro atoms. The Morgan fingerprint density at radius 1 is 1.11 bits per heavy atom. The van der Waals surface area contributed by atoms with Crippen molar-refractivity contribution in [3.63, 3.8) is 0 Å². The second-order valence-corrected chi connectivity index (χ2v) is 5.91. The Kier molecular flexibility index (Phi) is 7.14. The summed E-state index contributed by atoms with van der Waals surface area (Å²) >= 11 is 0. The van der Waals surface area contributed by atoms with Crippen LogP contribution in [0.4, 0.5) is 10.1 Å². The third kappa shape index (κ3) is 5.32. The van der Waals surface area contributed by atoms with Crippen LogP contribution in [0.3, 0.4) is 0 Å². The predicted molar refractivity (Wildman–Crippen MR) is 99.4 cm³/mol. The average Bonchev–Trinajstić information content (AvgIpc) is 2.69. The molecule has 0 atom stereocenters. The van der Waals surface area contributed by atoms with Gasteiger partial charge in [-0.15, -0.1) is 0 Å². The van der Waals surface area contributed by atoms with Crippen molar-refractivity contribution in [3.05, 3.63) is 57.9 Å². The zero-order chi connectivity index (χ0) is 20.7. The minimum Gasteiger partial charge on any atom is -0.493 e. The number of ether oxygens (including phenoxy) is 3. The number of hydrogen-bond acceptors (Lipinski definition) is 6. The van der Waals surface area contributed by atoms with Crippen molar-refractivity contribution >= 4 is 11.6 Å². The summed E-state index contributed by atoms with van der Waals surface area (Å²) in [6.45, 7) is -0.0460. The first-order chi connectivity index (χ1) is 13.3. The summed E-state index contributed by atoms with van der Waals surface area (Å²) in [6, 6.07) is 8.31. The Bertz CT molecular complexity index is 858. The number of nitrogens with zero attached hydrogens (tertiary/aromatic N) is 2. The van der Waals surface area contributed by atoms with Gasteiger partial charge in [0.1, 0.15) is 5.82 Å². The van der Waals surface area contributed by atoms with Gasteiger partial charge in [0.25, 0.3) is 5.91 Å². The lowest BCUT2D eigenvalue weighted by molar-refractivity contribution is -0.385. The van der Waals surface area contributed by atoms with Gasteiger partial charge in [0.2, 0.25) is 5.75 Å². The van der Waals surface area contributed by atoms with Gasteiger partial charge in [-0.2, -0.15) is 0 Å². The van der Waals surface area contributed by atoms with Crippen LogP contribution in [0.2, 0.25) is 0 Å². The molecule has 0 N–H and O–H groups in total. The topological polar surface area (TPSA) is 91.1 Å². The van der Waals surface area contributed by atoms with Crippen LogP contribution in [0.1, 0.15) is 5.56 Å². The molecule has 2 aromatic rings. The fraction of sp³-hybridized carbons (Fsp3) is 0.316. The van der Waals surface area contributed by atoms with E-state index in [-0.39, 0.29) is 11.7 Å². The molecule has 2 aromatic carbocycles. The molecule has 8 nitrogen and oxygen atoms in total. The smallest absolute Gasteiger partial charge is 0.311 e. The highest BCUT2D eigenvalue weighted by Gasteiger charge is 2.18. The highest BCUT2D eigenvalue weighted by Crippen LogP contribution is 2.28. The van der Waals surface area contributed by atoms with E-state index in [0.717, 1.165) is 23.8 Å². The molecule has 0 bridgehead atoms. The quantitative estimate of drug-likeness (QED) is 0.481. The number of likely N-dealkylation sites (N-methyl/N-ethyl adjacent to an activating group) is 1. The molecule has 0 radical (unpaired) electrons. The molecule has 9 heteroatoms. The summed E-state index contributed by atoms with van der Waals surface area (Å²) < 4.78 is 28.9. The summed E-state index contributed by atoms with van der Waals surface area (Å²) in [5, 5.41) is 11.0. The number of hydrogen-bond donors (Lipinski definition) is 0. The van der Waals surface area contributed by atoms with E-state index >= 15 is 0 Å². The van der Waals surface area contributed by atoms with Crippen LogP contribution in [0, 0.1) is 15.9 Å². The molecule has 0 saturated heterocycles. The van der Waals surface area contributed by atoms with Crippen LogP contribution in [0.5, 0.6) is 17.2 Å². The van der Waals surface area contributed by atoms with Gasteiger partial charge in [-0.05, 0) is 30.2 Å². The number of amides is 1. The van der Waals surface area contributed by atoms with E-state index in [1.54, 1.807) is 27.3 Å². The van der Waals surface area contributed by atoms with Crippen molar-refractivity contribution in [3.8, 4) is 17.2 Å². The van der Waals surface area contributed by atoms with Crippen molar-refractivity contribution in [2.45, 2.75) is 6.42 Å². The van der Waals surface area contributed by atoms with E-state index in [1.807, 2.05) is 12.1 Å². The van der Waals surface area contributed by atoms with Crippen LogP contribution in [0.25, 0.3) is 0 Å². The molecule has 1 amide bonds. The maximum absolute atomic E-state index is 13.3. The normalized spacial score (nSPS) is 10.3. The number of methoxy groups -OCH3 is 2. The van der Waals surface area contributed by atoms with Crippen LogP contribution >= 0.6 is 0 Å². The van der Waals surface area contributed by atoms with E-state index in [2.05, 4.69) is 0 Å². The number of carbonyl (C=O) groups is 1. The lowest BCUT2D eigenvalue weighted by Crippen LogP contribution is -2.33. The van der Waals surface area contributed by atoms with Crippen LogP contribution < -0.4 is 14.2 Å². The predicted octanol–water partition coefficient (Wildman–Crippen LogP) is 2.83. The summed E-state index contributed by atoms with van der Waals surface area (Å²) in [4.78, 5) is 23.9. The monoisotopic (exact) mass is 392 g/mol. The van der Waals surface area contributed by atoms with Crippen LogP contribution in [-0.4, -0.2) is 50.1 Å². The minimum atomic E-state index is -0.694. The third-order valence-corrected chi connectivity index (χ3v) is 4.08. The largest absolute Gasteiger partial charge is 0.493 e. The molecule has 0 aliphatic rings. The fourth-order valence-corrected chi connectivity index (χ4v) is 2.46. The Balaban J connectivity index is 1.93. The van der Waals surface area contributed by atoms with Crippen molar-refractivity contribution in [2.75, 3.05) is 34.4 Å². The zero-order valence-electron chi connectivity index (χ0n) is 15.8. The molecule has 2 rings (SSSR count). The highest BCUT2D eigenvalue weighted by atomic mass is 19.1. The first-order valence-corrected chi connectivity index (χ1v) is 8.37. The highest BCUT2D eigenvalue weighted by molar-refractivity contribution is 5.77. The summed E-state index contributed by atoms with van der Waals surface area (Å²) in [6.07, 6.45) is 0.558. The molecule has 0 aliphatic heterocycles. The van der Waals surface area contributed by atoms with Gasteiger partial charge in [-0.1, -0.05) is 6.07 Å². The maximum Gasteiger partial charge on any atom is 0.311 e. The number of carbonyl (C=O) groups excluding carboxylic acids is 1. The van der Waals surface area contributed by atoms with E-state index in [4.69, 9.17) is 14.2 Å². The number of nitro groups is 1. The van der Waals surface area contributed by atoms with Crippen molar-refractivity contribution in [1.82, 2.24) is 4.90 Å². The van der Waals surface area contributed by atoms with Gasteiger partial charge >= 0.3 is 5.69 Å². The first kappa shape index (κ1) is 20.9. The van der Waals surface area contributed by atoms with E-state index in [1.165, 1.54) is 4.90 Å². The van der Waals surface area contributed by atoms with E-state index in [9.17, 15) is 19.3 Å². The molecule has 0 aliphatic carbocycles. The fourth-order valence-electron chi connectivity index (χ4n) is 2.46. The Morgan fingerprint density at radius 2 is 1.82 bits per heavy atom.